The Labute approximate surface area is 201 Å². The van der Waals surface area contributed by atoms with Crippen molar-refractivity contribution in [2.75, 3.05) is 23.9 Å². The van der Waals surface area contributed by atoms with Gasteiger partial charge in [0.15, 0.2) is 9.84 Å². The lowest BCUT2D eigenvalue weighted by Crippen LogP contribution is -2.29. The Morgan fingerprint density at radius 1 is 1.09 bits per heavy atom. The first-order valence-corrected chi connectivity index (χ1v) is 12.8. The van der Waals surface area contributed by atoms with E-state index < -0.39 is 15.8 Å². The third kappa shape index (κ3) is 4.14. The SMILES string of the molecule is COc1ccc(N2CC(C(=O)Nc3c4c(nn3-c3ccc(Cl)cc3)CS(=O)(=O)C4)CC2=O)cc1. The summed E-state index contributed by atoms with van der Waals surface area (Å²) < 4.78 is 31.0. The molecule has 2 aromatic carbocycles. The Kier molecular flexibility index (Phi) is 5.57. The van der Waals surface area contributed by atoms with Gasteiger partial charge in [-0.25, -0.2) is 13.1 Å². The number of hydrogen-bond donors (Lipinski definition) is 1. The molecule has 0 radical (unpaired) electrons. The zero-order valence-corrected chi connectivity index (χ0v) is 19.8. The van der Waals surface area contributed by atoms with Crippen molar-refractivity contribution < 1.29 is 22.7 Å². The second kappa shape index (κ2) is 8.44. The Bertz CT molecular complexity index is 1380. The van der Waals surface area contributed by atoms with Crippen molar-refractivity contribution in [1.29, 1.82) is 0 Å². The van der Waals surface area contributed by atoms with Crippen LogP contribution in [0.4, 0.5) is 11.5 Å². The predicted molar refractivity (Wildman–Crippen MR) is 127 cm³/mol. The molecule has 1 N–H and O–H groups in total. The third-order valence-electron chi connectivity index (χ3n) is 5.98. The quantitative estimate of drug-likeness (QED) is 0.576. The molecule has 1 saturated heterocycles. The van der Waals surface area contributed by atoms with E-state index in [1.165, 1.54) is 4.68 Å². The molecule has 11 heteroatoms. The van der Waals surface area contributed by atoms with Crippen molar-refractivity contribution >= 4 is 44.8 Å². The van der Waals surface area contributed by atoms with Gasteiger partial charge >= 0.3 is 0 Å². The summed E-state index contributed by atoms with van der Waals surface area (Å²) >= 11 is 5.99. The van der Waals surface area contributed by atoms with E-state index in [2.05, 4.69) is 10.4 Å². The van der Waals surface area contributed by atoms with Crippen molar-refractivity contribution in [3.05, 3.63) is 64.8 Å². The summed E-state index contributed by atoms with van der Waals surface area (Å²) in [5.41, 5.74) is 2.19. The molecule has 2 amide bonds. The fourth-order valence-electron chi connectivity index (χ4n) is 4.25. The Morgan fingerprint density at radius 2 is 1.76 bits per heavy atom. The molecule has 1 aromatic heterocycles. The number of ether oxygens (including phenoxy) is 1. The standard InChI is InChI=1S/C23H21ClN4O5S/c1-33-18-8-6-16(7-9-18)27-11-14(10-21(27)29)23(30)25-22-19-12-34(31,32)13-20(19)26-28(22)17-4-2-15(24)3-5-17/h2-9,14H,10-13H2,1H3,(H,25,30). The first-order valence-electron chi connectivity index (χ1n) is 10.6. The number of halogens is 1. The van der Waals surface area contributed by atoms with Crippen LogP contribution in [0.15, 0.2) is 48.5 Å². The van der Waals surface area contributed by atoms with Crippen molar-refractivity contribution in [1.82, 2.24) is 9.78 Å². The van der Waals surface area contributed by atoms with Gasteiger partial charge in [-0.15, -0.1) is 0 Å². The summed E-state index contributed by atoms with van der Waals surface area (Å²) in [5, 5.41) is 7.85. The van der Waals surface area contributed by atoms with Gasteiger partial charge in [-0.05, 0) is 48.5 Å². The molecular formula is C23H21ClN4O5S. The van der Waals surface area contributed by atoms with Gasteiger partial charge in [0, 0.05) is 29.2 Å². The molecule has 0 spiro atoms. The highest BCUT2D eigenvalue weighted by molar-refractivity contribution is 7.90. The van der Waals surface area contributed by atoms with Crippen LogP contribution in [0.5, 0.6) is 5.75 Å². The van der Waals surface area contributed by atoms with Gasteiger partial charge in [-0.1, -0.05) is 11.6 Å². The fourth-order valence-corrected chi connectivity index (χ4v) is 5.87. The van der Waals surface area contributed by atoms with Gasteiger partial charge in [0.1, 0.15) is 11.6 Å². The van der Waals surface area contributed by atoms with E-state index in [0.29, 0.717) is 39.2 Å². The number of carbonyl (C=O) groups is 2. The fraction of sp³-hybridized carbons (Fsp3) is 0.261. The molecule has 0 saturated carbocycles. The lowest BCUT2D eigenvalue weighted by molar-refractivity contribution is -0.122. The molecular weight excluding hydrogens is 480 g/mol. The maximum Gasteiger partial charge on any atom is 0.230 e. The van der Waals surface area contributed by atoms with E-state index in [0.717, 1.165) is 0 Å². The molecule has 1 atom stereocenters. The zero-order valence-electron chi connectivity index (χ0n) is 18.2. The van der Waals surface area contributed by atoms with Gasteiger partial charge < -0.3 is 15.0 Å². The van der Waals surface area contributed by atoms with Crippen LogP contribution >= 0.6 is 11.6 Å². The molecule has 34 heavy (non-hydrogen) atoms. The van der Waals surface area contributed by atoms with Gasteiger partial charge in [-0.3, -0.25) is 9.59 Å². The Morgan fingerprint density at radius 3 is 2.44 bits per heavy atom. The molecule has 0 bridgehead atoms. The summed E-state index contributed by atoms with van der Waals surface area (Å²) in [6, 6.07) is 13.9. The number of amides is 2. The number of nitrogens with zero attached hydrogens (tertiary/aromatic N) is 3. The number of sulfone groups is 1. The molecule has 1 unspecified atom stereocenters. The van der Waals surface area contributed by atoms with Crippen LogP contribution in [0, 0.1) is 5.92 Å². The summed E-state index contributed by atoms with van der Waals surface area (Å²) in [5.74, 6) is -0.540. The largest absolute Gasteiger partial charge is 0.497 e. The van der Waals surface area contributed by atoms with E-state index in [4.69, 9.17) is 16.3 Å². The molecule has 0 aliphatic carbocycles. The zero-order chi connectivity index (χ0) is 24.0. The first-order chi connectivity index (χ1) is 16.2. The number of benzene rings is 2. The molecule has 2 aliphatic rings. The molecule has 176 valence electrons. The molecule has 3 heterocycles. The van der Waals surface area contributed by atoms with E-state index >= 15 is 0 Å². The number of carbonyl (C=O) groups excluding carboxylic acids is 2. The summed E-state index contributed by atoms with van der Waals surface area (Å²) in [7, 11) is -1.76. The Hall–Kier alpha value is -3.37. The average Bonchev–Trinajstić information content (AvgIpc) is 3.44. The van der Waals surface area contributed by atoms with Gasteiger partial charge in [0.25, 0.3) is 0 Å². The normalized spacial score (nSPS) is 18.7. The highest BCUT2D eigenvalue weighted by Gasteiger charge is 2.38. The van der Waals surface area contributed by atoms with E-state index in [1.54, 1.807) is 60.5 Å². The maximum absolute atomic E-state index is 13.2. The van der Waals surface area contributed by atoms with Crippen LogP contribution in [-0.4, -0.2) is 43.7 Å². The molecule has 5 rings (SSSR count). The third-order valence-corrected chi connectivity index (χ3v) is 7.67. The highest BCUT2D eigenvalue weighted by atomic mass is 35.5. The highest BCUT2D eigenvalue weighted by Crippen LogP contribution is 2.34. The van der Waals surface area contributed by atoms with Crippen LogP contribution in [0.25, 0.3) is 5.69 Å². The van der Waals surface area contributed by atoms with Crippen LogP contribution in [0.2, 0.25) is 5.02 Å². The minimum Gasteiger partial charge on any atom is -0.497 e. The Balaban J connectivity index is 1.41. The van der Waals surface area contributed by atoms with Crippen LogP contribution in [0.1, 0.15) is 17.7 Å². The van der Waals surface area contributed by atoms with Crippen molar-refractivity contribution in [3.63, 3.8) is 0 Å². The second-order valence-electron chi connectivity index (χ2n) is 8.29. The smallest absolute Gasteiger partial charge is 0.230 e. The van der Waals surface area contributed by atoms with Crippen molar-refractivity contribution in [2.24, 2.45) is 5.92 Å². The minimum absolute atomic E-state index is 0.0490. The number of hydrogen-bond acceptors (Lipinski definition) is 6. The monoisotopic (exact) mass is 500 g/mol. The molecule has 3 aromatic rings. The summed E-state index contributed by atoms with van der Waals surface area (Å²) in [4.78, 5) is 27.4. The van der Waals surface area contributed by atoms with E-state index in [9.17, 15) is 18.0 Å². The number of anilines is 2. The van der Waals surface area contributed by atoms with Crippen molar-refractivity contribution in [2.45, 2.75) is 17.9 Å². The van der Waals surface area contributed by atoms with Crippen LogP contribution in [-0.2, 0) is 30.9 Å². The summed E-state index contributed by atoms with van der Waals surface area (Å²) in [6.45, 7) is 0.215. The number of rotatable bonds is 5. The molecule has 9 nitrogen and oxygen atoms in total. The topological polar surface area (TPSA) is 111 Å². The van der Waals surface area contributed by atoms with Gasteiger partial charge in [-0.2, -0.15) is 5.10 Å². The lowest BCUT2D eigenvalue weighted by atomic mass is 10.1. The van der Waals surface area contributed by atoms with Crippen LogP contribution in [0.3, 0.4) is 0 Å². The van der Waals surface area contributed by atoms with E-state index in [-0.39, 0.29) is 36.3 Å². The number of nitrogens with one attached hydrogen (secondary N) is 1. The molecule has 2 aliphatic heterocycles. The first kappa shape index (κ1) is 22.4. The van der Waals surface area contributed by atoms with Crippen molar-refractivity contribution in [3.8, 4) is 11.4 Å². The van der Waals surface area contributed by atoms with Gasteiger partial charge in [0.2, 0.25) is 11.8 Å². The number of aromatic nitrogens is 2. The molecule has 1 fully saturated rings. The van der Waals surface area contributed by atoms with Crippen LogP contribution < -0.4 is 15.0 Å². The predicted octanol–water partition coefficient (Wildman–Crippen LogP) is 2.95. The summed E-state index contributed by atoms with van der Waals surface area (Å²) in [6.07, 6.45) is 0.0490. The average molecular weight is 501 g/mol. The van der Waals surface area contributed by atoms with E-state index in [1.807, 2.05) is 0 Å². The van der Waals surface area contributed by atoms with Gasteiger partial charge in [0.05, 0.1) is 35.9 Å². The number of methoxy groups -OCH3 is 1. The lowest BCUT2D eigenvalue weighted by Gasteiger charge is -2.17. The second-order valence-corrected chi connectivity index (χ2v) is 10.8. The maximum atomic E-state index is 13.2. The minimum atomic E-state index is -3.33. The number of fused-ring (bicyclic) bond motifs is 1.